The lowest BCUT2D eigenvalue weighted by Gasteiger charge is -2.38. The van der Waals surface area contributed by atoms with Crippen LogP contribution in [0, 0.1) is 0 Å². The fourth-order valence-electron chi connectivity index (χ4n) is 3.96. The number of ether oxygens (including phenoxy) is 1. The highest BCUT2D eigenvalue weighted by Crippen LogP contribution is 2.24. The summed E-state index contributed by atoms with van der Waals surface area (Å²) in [5.41, 5.74) is -0.951. The van der Waals surface area contributed by atoms with E-state index in [1.807, 2.05) is 17.0 Å². The second-order valence-electron chi connectivity index (χ2n) is 8.29. The normalized spacial score (nSPS) is 17.4. The molecule has 2 saturated heterocycles. The number of amides is 1. The van der Waals surface area contributed by atoms with Gasteiger partial charge in [0.05, 0.1) is 0 Å². The highest BCUT2D eigenvalue weighted by molar-refractivity contribution is 6.30. The van der Waals surface area contributed by atoms with Gasteiger partial charge in [-0.2, -0.15) is 0 Å². The number of benzene rings is 1. The van der Waals surface area contributed by atoms with Crippen LogP contribution in [0.5, 0.6) is 5.75 Å². The maximum Gasteiger partial charge on any atom is 0.266 e. The van der Waals surface area contributed by atoms with Crippen molar-refractivity contribution in [1.29, 1.82) is 0 Å². The molecular weight excluding hydrogens is 402 g/mol. The van der Waals surface area contributed by atoms with E-state index in [2.05, 4.69) is 20.0 Å². The van der Waals surface area contributed by atoms with Crippen LogP contribution in [0.1, 0.15) is 26.7 Å². The number of carbonyl (C=O) groups excluding carboxylic acids is 1. The minimum atomic E-state index is -0.951. The van der Waals surface area contributed by atoms with E-state index in [1.165, 1.54) is 12.8 Å². The zero-order chi connectivity index (χ0) is 21.1. The van der Waals surface area contributed by atoms with E-state index in [0.717, 1.165) is 37.8 Å². The van der Waals surface area contributed by atoms with Crippen molar-refractivity contribution in [2.75, 3.05) is 49.1 Å². The molecular formula is C22H28ClN5O2. The summed E-state index contributed by atoms with van der Waals surface area (Å²) in [5, 5.41) is 9.47. The van der Waals surface area contributed by atoms with Gasteiger partial charge in [-0.1, -0.05) is 11.6 Å². The molecule has 2 aromatic rings. The first kappa shape index (κ1) is 20.7. The van der Waals surface area contributed by atoms with Crippen molar-refractivity contribution in [2.24, 2.45) is 0 Å². The third-order valence-electron chi connectivity index (χ3n) is 5.66. The third kappa shape index (κ3) is 4.61. The molecule has 0 N–H and O–H groups in total. The van der Waals surface area contributed by atoms with Crippen molar-refractivity contribution in [3.05, 3.63) is 41.4 Å². The Morgan fingerprint density at radius 3 is 1.93 bits per heavy atom. The molecule has 1 aromatic carbocycles. The molecule has 0 spiro atoms. The van der Waals surface area contributed by atoms with Gasteiger partial charge in [-0.05, 0) is 63.1 Å². The van der Waals surface area contributed by atoms with E-state index < -0.39 is 5.60 Å². The number of rotatable bonds is 5. The second-order valence-corrected chi connectivity index (χ2v) is 8.73. The monoisotopic (exact) mass is 429 g/mol. The van der Waals surface area contributed by atoms with Crippen LogP contribution in [0.4, 0.5) is 11.6 Å². The average Bonchev–Trinajstić information content (AvgIpc) is 3.30. The van der Waals surface area contributed by atoms with E-state index in [4.69, 9.17) is 16.3 Å². The van der Waals surface area contributed by atoms with Gasteiger partial charge in [-0.15, -0.1) is 10.2 Å². The Morgan fingerprint density at radius 2 is 1.40 bits per heavy atom. The van der Waals surface area contributed by atoms with E-state index in [1.54, 1.807) is 38.1 Å². The highest BCUT2D eigenvalue weighted by Gasteiger charge is 2.36. The summed E-state index contributed by atoms with van der Waals surface area (Å²) in [4.78, 5) is 19.4. The van der Waals surface area contributed by atoms with Gasteiger partial charge in [0.25, 0.3) is 5.91 Å². The Hall–Kier alpha value is -2.54. The number of anilines is 2. The lowest BCUT2D eigenvalue weighted by Crippen LogP contribution is -2.56. The van der Waals surface area contributed by atoms with E-state index in [0.29, 0.717) is 23.9 Å². The first-order chi connectivity index (χ1) is 14.4. The molecule has 1 amide bonds. The van der Waals surface area contributed by atoms with E-state index in [9.17, 15) is 4.79 Å². The standard InChI is InChI=1S/C22H28ClN5O2/c1-22(2,30-18-7-5-17(23)6-8-18)21(29)28-15-13-27(14-16-28)20-10-9-19(24-25-20)26-11-3-4-12-26/h5-10H,3-4,11-16H2,1-2H3. The summed E-state index contributed by atoms with van der Waals surface area (Å²) in [6.45, 7) is 8.42. The Balaban J connectivity index is 1.33. The van der Waals surface area contributed by atoms with Gasteiger partial charge in [0.1, 0.15) is 5.75 Å². The summed E-state index contributed by atoms with van der Waals surface area (Å²) >= 11 is 5.93. The Bertz CT molecular complexity index is 858. The smallest absolute Gasteiger partial charge is 0.266 e. The lowest BCUT2D eigenvalue weighted by molar-refractivity contribution is -0.145. The number of aromatic nitrogens is 2. The molecule has 4 rings (SSSR count). The summed E-state index contributed by atoms with van der Waals surface area (Å²) in [6, 6.07) is 11.2. The first-order valence-electron chi connectivity index (χ1n) is 10.5. The Labute approximate surface area is 182 Å². The maximum atomic E-state index is 13.0. The Kier molecular flexibility index (Phi) is 5.99. The molecule has 1 aromatic heterocycles. The molecule has 30 heavy (non-hydrogen) atoms. The van der Waals surface area contributed by atoms with Crippen LogP contribution in [-0.2, 0) is 4.79 Å². The van der Waals surface area contributed by atoms with Gasteiger partial charge in [-0.3, -0.25) is 4.79 Å². The third-order valence-corrected chi connectivity index (χ3v) is 5.91. The van der Waals surface area contributed by atoms with E-state index >= 15 is 0 Å². The van der Waals surface area contributed by atoms with E-state index in [-0.39, 0.29) is 5.91 Å². The summed E-state index contributed by atoms with van der Waals surface area (Å²) < 4.78 is 5.95. The highest BCUT2D eigenvalue weighted by atomic mass is 35.5. The van der Waals surface area contributed by atoms with Crippen LogP contribution in [0.3, 0.4) is 0 Å². The molecule has 0 unspecified atom stereocenters. The van der Waals surface area contributed by atoms with Gasteiger partial charge < -0.3 is 19.4 Å². The largest absolute Gasteiger partial charge is 0.478 e. The predicted molar refractivity (Wildman–Crippen MR) is 118 cm³/mol. The molecule has 160 valence electrons. The van der Waals surface area contributed by atoms with Gasteiger partial charge in [0.15, 0.2) is 17.2 Å². The number of piperazine rings is 1. The maximum absolute atomic E-state index is 13.0. The van der Waals surface area contributed by atoms with Crippen molar-refractivity contribution in [2.45, 2.75) is 32.3 Å². The van der Waals surface area contributed by atoms with Crippen LogP contribution in [0.2, 0.25) is 5.02 Å². The minimum absolute atomic E-state index is 0.0208. The molecule has 7 nitrogen and oxygen atoms in total. The number of carbonyl (C=O) groups is 1. The fourth-order valence-corrected chi connectivity index (χ4v) is 4.09. The molecule has 0 atom stereocenters. The van der Waals surface area contributed by atoms with Crippen LogP contribution in [0.25, 0.3) is 0 Å². The predicted octanol–water partition coefficient (Wildman–Crippen LogP) is 3.24. The first-order valence-corrected chi connectivity index (χ1v) is 10.9. The average molecular weight is 430 g/mol. The van der Waals surface area contributed by atoms with Gasteiger partial charge >= 0.3 is 0 Å². The van der Waals surface area contributed by atoms with Crippen LogP contribution in [-0.4, -0.2) is 65.9 Å². The quantitative estimate of drug-likeness (QED) is 0.727. The van der Waals surface area contributed by atoms with Gasteiger partial charge in [0, 0.05) is 44.3 Å². The molecule has 2 fully saturated rings. The van der Waals surface area contributed by atoms with Gasteiger partial charge in [0.2, 0.25) is 0 Å². The summed E-state index contributed by atoms with van der Waals surface area (Å²) in [7, 11) is 0. The van der Waals surface area contributed by atoms with Crippen LogP contribution < -0.4 is 14.5 Å². The summed E-state index contributed by atoms with van der Waals surface area (Å²) in [6.07, 6.45) is 2.44. The molecule has 0 bridgehead atoms. The van der Waals surface area contributed by atoms with Crippen LogP contribution >= 0.6 is 11.6 Å². The molecule has 3 heterocycles. The van der Waals surface area contributed by atoms with Crippen molar-refractivity contribution >= 4 is 29.1 Å². The minimum Gasteiger partial charge on any atom is -0.478 e. The van der Waals surface area contributed by atoms with Gasteiger partial charge in [-0.25, -0.2) is 0 Å². The number of hydrogen-bond donors (Lipinski definition) is 0. The molecule has 8 heteroatoms. The molecule has 2 aliphatic heterocycles. The Morgan fingerprint density at radius 1 is 0.867 bits per heavy atom. The fraction of sp³-hybridized carbons (Fsp3) is 0.500. The molecule has 0 saturated carbocycles. The number of nitrogens with zero attached hydrogens (tertiary/aromatic N) is 5. The SMILES string of the molecule is CC(C)(Oc1ccc(Cl)cc1)C(=O)N1CCN(c2ccc(N3CCCC3)nn2)CC1. The second kappa shape index (κ2) is 8.68. The van der Waals surface area contributed by atoms with Crippen LogP contribution in [0.15, 0.2) is 36.4 Å². The van der Waals surface area contributed by atoms with Crippen molar-refractivity contribution in [1.82, 2.24) is 15.1 Å². The lowest BCUT2D eigenvalue weighted by atomic mass is 10.1. The molecule has 0 aliphatic carbocycles. The zero-order valence-corrected chi connectivity index (χ0v) is 18.3. The number of hydrogen-bond acceptors (Lipinski definition) is 6. The molecule has 2 aliphatic rings. The van der Waals surface area contributed by atoms with Crippen molar-refractivity contribution in [3.8, 4) is 5.75 Å². The van der Waals surface area contributed by atoms with Crippen molar-refractivity contribution in [3.63, 3.8) is 0 Å². The summed E-state index contributed by atoms with van der Waals surface area (Å²) in [5.74, 6) is 2.42. The zero-order valence-electron chi connectivity index (χ0n) is 17.6. The number of halogens is 1. The van der Waals surface area contributed by atoms with Crippen molar-refractivity contribution < 1.29 is 9.53 Å². The topological polar surface area (TPSA) is 61.8 Å². The molecule has 0 radical (unpaired) electrons.